The van der Waals surface area contributed by atoms with E-state index in [2.05, 4.69) is 6.58 Å². The van der Waals surface area contributed by atoms with Crippen LogP contribution in [0.4, 0.5) is 0 Å². The predicted molar refractivity (Wildman–Crippen MR) is 184 cm³/mol. The van der Waals surface area contributed by atoms with Gasteiger partial charge >= 0.3 is 5.97 Å². The van der Waals surface area contributed by atoms with E-state index in [1.165, 1.54) is 11.3 Å². The van der Waals surface area contributed by atoms with E-state index in [4.69, 9.17) is 26.1 Å². The SMILES string of the molecule is C=CCc1cc(/C=c2/sc3n(c2=O)[C@@H](c2ccc(Cl)cc2)C(C(=O)OCC)=C(c2ccccc2)N=3)ccc1OCc1ccccc1. The maximum Gasteiger partial charge on any atom is 0.338 e. The summed E-state index contributed by atoms with van der Waals surface area (Å²) in [6, 6.07) is 31.7. The number of hydrogen-bond donors (Lipinski definition) is 0. The summed E-state index contributed by atoms with van der Waals surface area (Å²) in [5.74, 6) is 0.233. The second-order valence-corrected chi connectivity index (χ2v) is 12.1. The monoisotopic (exact) mass is 646 g/mol. The molecule has 2 heterocycles. The first-order valence-electron chi connectivity index (χ1n) is 14.9. The van der Waals surface area contributed by atoms with Crippen LogP contribution in [0.25, 0.3) is 11.8 Å². The number of fused-ring (bicyclic) bond motifs is 1. The maximum atomic E-state index is 14.2. The van der Waals surface area contributed by atoms with Gasteiger partial charge in [0, 0.05) is 10.6 Å². The van der Waals surface area contributed by atoms with Gasteiger partial charge in [0.05, 0.1) is 28.5 Å². The van der Waals surface area contributed by atoms with Crippen molar-refractivity contribution < 1.29 is 14.3 Å². The molecule has 0 unspecified atom stereocenters. The fourth-order valence-electron chi connectivity index (χ4n) is 5.43. The zero-order valence-corrected chi connectivity index (χ0v) is 26.8. The van der Waals surface area contributed by atoms with Crippen molar-refractivity contribution in [2.75, 3.05) is 6.61 Å². The number of ether oxygens (including phenoxy) is 2. The van der Waals surface area contributed by atoms with Crippen LogP contribution in [-0.2, 0) is 22.6 Å². The molecule has 0 N–H and O–H groups in total. The van der Waals surface area contributed by atoms with Crippen molar-refractivity contribution in [1.82, 2.24) is 4.57 Å². The molecule has 46 heavy (non-hydrogen) atoms. The van der Waals surface area contributed by atoms with Crippen molar-refractivity contribution in [3.63, 3.8) is 0 Å². The van der Waals surface area contributed by atoms with Crippen molar-refractivity contribution in [2.45, 2.75) is 26.0 Å². The van der Waals surface area contributed by atoms with Gasteiger partial charge in [0.15, 0.2) is 4.80 Å². The van der Waals surface area contributed by atoms with E-state index in [1.54, 1.807) is 23.6 Å². The van der Waals surface area contributed by atoms with Crippen LogP contribution in [0.15, 0.2) is 131 Å². The highest BCUT2D eigenvalue weighted by molar-refractivity contribution is 7.07. The van der Waals surface area contributed by atoms with Gasteiger partial charge in [-0.15, -0.1) is 6.58 Å². The Bertz CT molecular complexity index is 2100. The first-order chi connectivity index (χ1) is 22.5. The minimum atomic E-state index is -0.769. The predicted octanol–water partition coefficient (Wildman–Crippen LogP) is 6.90. The number of halogens is 1. The number of carbonyl (C=O) groups is 1. The van der Waals surface area contributed by atoms with Gasteiger partial charge in [-0.3, -0.25) is 9.36 Å². The van der Waals surface area contributed by atoms with Gasteiger partial charge in [-0.2, -0.15) is 0 Å². The summed E-state index contributed by atoms with van der Waals surface area (Å²) in [7, 11) is 0. The molecule has 0 fully saturated rings. The molecule has 6 rings (SSSR count). The van der Waals surface area contributed by atoms with E-state index in [0.29, 0.717) is 38.7 Å². The first-order valence-corrected chi connectivity index (χ1v) is 16.1. The van der Waals surface area contributed by atoms with Crippen molar-refractivity contribution in [1.29, 1.82) is 0 Å². The Morgan fingerprint density at radius 3 is 2.41 bits per heavy atom. The van der Waals surface area contributed by atoms with E-state index >= 15 is 0 Å². The average Bonchev–Trinajstić information content (AvgIpc) is 3.39. The van der Waals surface area contributed by atoms with E-state index < -0.39 is 12.0 Å². The van der Waals surface area contributed by atoms with Crippen molar-refractivity contribution in [3.8, 4) is 5.75 Å². The molecule has 0 spiro atoms. The average molecular weight is 647 g/mol. The number of esters is 1. The number of rotatable bonds is 10. The van der Waals surface area contributed by atoms with Crippen molar-refractivity contribution in [3.05, 3.63) is 174 Å². The van der Waals surface area contributed by atoms with Crippen LogP contribution < -0.4 is 19.6 Å². The molecule has 0 aliphatic carbocycles. The fraction of sp³-hybridized carbons (Fsp3) is 0.132. The number of aromatic nitrogens is 1. The summed E-state index contributed by atoms with van der Waals surface area (Å²) in [6.07, 6.45) is 4.29. The Morgan fingerprint density at radius 1 is 1.00 bits per heavy atom. The number of nitrogens with zero attached hydrogens (tertiary/aromatic N) is 2. The van der Waals surface area contributed by atoms with Crippen LogP contribution >= 0.6 is 22.9 Å². The lowest BCUT2D eigenvalue weighted by Gasteiger charge is -2.25. The summed E-state index contributed by atoms with van der Waals surface area (Å²) >= 11 is 7.52. The summed E-state index contributed by atoms with van der Waals surface area (Å²) in [6.45, 7) is 6.30. The van der Waals surface area contributed by atoms with Crippen molar-refractivity contribution >= 4 is 40.7 Å². The largest absolute Gasteiger partial charge is 0.489 e. The molecule has 6 nitrogen and oxygen atoms in total. The quantitative estimate of drug-likeness (QED) is 0.122. The summed E-state index contributed by atoms with van der Waals surface area (Å²) < 4.78 is 13.8. The van der Waals surface area contributed by atoms with E-state index in [9.17, 15) is 9.59 Å². The van der Waals surface area contributed by atoms with Gasteiger partial charge in [0.2, 0.25) is 0 Å². The molecular formula is C38H31ClN2O4S. The van der Waals surface area contributed by atoms with Crippen LogP contribution in [0.3, 0.4) is 0 Å². The van der Waals surface area contributed by atoms with E-state index in [-0.39, 0.29) is 12.2 Å². The highest BCUT2D eigenvalue weighted by atomic mass is 35.5. The number of thiazole rings is 1. The number of benzene rings is 4. The molecule has 0 saturated heterocycles. The molecule has 1 aliphatic heterocycles. The molecule has 1 atom stereocenters. The second-order valence-electron chi connectivity index (χ2n) is 10.6. The molecule has 4 aromatic carbocycles. The van der Waals surface area contributed by atoms with Crippen molar-refractivity contribution in [2.24, 2.45) is 4.99 Å². The highest BCUT2D eigenvalue weighted by Gasteiger charge is 2.35. The molecule has 230 valence electrons. The number of allylic oxidation sites excluding steroid dienone is 1. The molecule has 1 aliphatic rings. The third-order valence-corrected chi connectivity index (χ3v) is 8.78. The molecule has 0 saturated carbocycles. The highest BCUT2D eigenvalue weighted by Crippen LogP contribution is 2.35. The molecule has 0 bridgehead atoms. The smallest absolute Gasteiger partial charge is 0.338 e. The lowest BCUT2D eigenvalue weighted by molar-refractivity contribution is -0.138. The Hall–Kier alpha value is -4.98. The second kappa shape index (κ2) is 14.0. The van der Waals surface area contributed by atoms with Gasteiger partial charge in [-0.1, -0.05) is 108 Å². The van der Waals surface area contributed by atoms with E-state index in [0.717, 1.165) is 33.6 Å². The van der Waals surface area contributed by atoms with Crippen LogP contribution in [0.5, 0.6) is 5.75 Å². The zero-order valence-electron chi connectivity index (χ0n) is 25.2. The maximum absolute atomic E-state index is 14.2. The van der Waals surface area contributed by atoms with Gasteiger partial charge in [0.1, 0.15) is 12.4 Å². The Labute approximate surface area is 275 Å². The Morgan fingerprint density at radius 2 is 1.72 bits per heavy atom. The zero-order chi connectivity index (χ0) is 32.0. The minimum absolute atomic E-state index is 0.181. The standard InChI is InChI=1S/C38H31ClN2O4S/c1-3-11-29-22-26(16-21-31(29)45-24-25-12-7-5-8-13-25)23-32-36(42)41-35(28-17-19-30(39)20-18-28)33(37(43)44-4-2)34(40-38(41)46-32)27-14-9-6-10-15-27/h3,5-10,12-23,35H,1,4,11,24H2,2H3/b32-23+/t35-/m0/s1. The Kier molecular flexibility index (Phi) is 9.43. The number of carbonyl (C=O) groups excluding carboxylic acids is 1. The van der Waals surface area contributed by atoms with Gasteiger partial charge in [-0.05, 0) is 65.9 Å². The lowest BCUT2D eigenvalue weighted by Crippen LogP contribution is -2.40. The molecule has 5 aromatic rings. The van der Waals surface area contributed by atoms with Crippen LogP contribution in [-0.4, -0.2) is 17.1 Å². The minimum Gasteiger partial charge on any atom is -0.489 e. The summed E-state index contributed by atoms with van der Waals surface area (Å²) in [4.78, 5) is 33.2. The van der Waals surface area contributed by atoms with Gasteiger partial charge in [0.25, 0.3) is 5.56 Å². The summed E-state index contributed by atoms with van der Waals surface area (Å²) in [5, 5.41) is 0.549. The Balaban J connectivity index is 1.49. The normalized spacial score (nSPS) is 14.4. The molecule has 8 heteroatoms. The third-order valence-electron chi connectivity index (χ3n) is 7.54. The molecule has 1 aromatic heterocycles. The number of hydrogen-bond acceptors (Lipinski definition) is 6. The lowest BCUT2D eigenvalue weighted by atomic mass is 9.93. The van der Waals surface area contributed by atoms with Gasteiger partial charge in [-0.25, -0.2) is 9.79 Å². The van der Waals surface area contributed by atoms with Crippen LogP contribution in [0.2, 0.25) is 5.02 Å². The summed E-state index contributed by atoms with van der Waals surface area (Å²) in [5.41, 5.74) is 4.85. The third kappa shape index (κ3) is 6.52. The van der Waals surface area contributed by atoms with Crippen LogP contribution in [0, 0.1) is 0 Å². The van der Waals surface area contributed by atoms with Crippen LogP contribution in [0.1, 0.15) is 40.8 Å². The first kappa shape index (κ1) is 31.0. The molecule has 0 radical (unpaired) electrons. The van der Waals surface area contributed by atoms with E-state index in [1.807, 2.05) is 103 Å². The van der Waals surface area contributed by atoms with Gasteiger partial charge < -0.3 is 9.47 Å². The molecular weight excluding hydrogens is 616 g/mol. The fourth-order valence-corrected chi connectivity index (χ4v) is 6.56. The topological polar surface area (TPSA) is 69.9 Å². The molecule has 0 amide bonds.